The Morgan fingerprint density at radius 3 is 2.75 bits per heavy atom. The van der Waals surface area contributed by atoms with Gasteiger partial charge in [-0.1, -0.05) is 0 Å². The Kier molecular flexibility index (Phi) is 4.72. The number of rotatable bonds is 4. The third-order valence-corrected chi connectivity index (χ3v) is 4.21. The summed E-state index contributed by atoms with van der Waals surface area (Å²) >= 11 is 4.74. The highest BCUT2D eigenvalue weighted by Gasteiger charge is 2.09. The number of nitrogens with zero attached hydrogens (tertiary/aromatic N) is 3. The largest absolute Gasteiger partial charge is 0.347 e. The van der Waals surface area contributed by atoms with Crippen LogP contribution >= 0.6 is 27.3 Å². The lowest BCUT2D eigenvalue weighted by Crippen LogP contribution is -2.23. The second kappa shape index (κ2) is 6.32. The van der Waals surface area contributed by atoms with Gasteiger partial charge in [0.25, 0.3) is 5.91 Å². The monoisotopic (exact) mass is 354 g/mol. The number of hydrogen-bond donors (Lipinski definition) is 1. The fraction of sp³-hybridized carbons (Fsp3) is 0.308. The Balaban J connectivity index is 2.05. The number of anilines is 1. The number of thiophene rings is 1. The second-order valence-electron chi connectivity index (χ2n) is 4.51. The number of amides is 1. The van der Waals surface area contributed by atoms with Gasteiger partial charge in [-0.05, 0) is 35.0 Å². The van der Waals surface area contributed by atoms with Crippen molar-refractivity contribution in [3.8, 4) is 0 Å². The van der Waals surface area contributed by atoms with E-state index in [1.165, 1.54) is 11.3 Å². The summed E-state index contributed by atoms with van der Waals surface area (Å²) in [6, 6.07) is 3.67. The topological polar surface area (TPSA) is 58.1 Å². The van der Waals surface area contributed by atoms with Crippen LogP contribution in [0.4, 0.5) is 5.95 Å². The van der Waals surface area contributed by atoms with Crippen LogP contribution in [0.25, 0.3) is 0 Å². The molecule has 2 heterocycles. The first-order valence-electron chi connectivity index (χ1n) is 6.00. The summed E-state index contributed by atoms with van der Waals surface area (Å²) in [5, 5.41) is 4.75. The molecule has 20 heavy (non-hydrogen) atoms. The molecular weight excluding hydrogens is 340 g/mol. The van der Waals surface area contributed by atoms with Gasteiger partial charge in [0.1, 0.15) is 0 Å². The Labute approximate surface area is 130 Å². The first-order chi connectivity index (χ1) is 9.45. The molecule has 0 aliphatic carbocycles. The molecule has 1 N–H and O–H groups in total. The van der Waals surface area contributed by atoms with Crippen LogP contribution in [-0.2, 0) is 6.54 Å². The molecule has 2 aromatic heterocycles. The van der Waals surface area contributed by atoms with E-state index in [4.69, 9.17) is 0 Å². The molecule has 0 bridgehead atoms. The first kappa shape index (κ1) is 14.9. The molecule has 0 aliphatic heterocycles. The minimum absolute atomic E-state index is 0.0941. The molecule has 106 valence electrons. The van der Waals surface area contributed by atoms with Gasteiger partial charge in [-0.2, -0.15) is 0 Å². The van der Waals surface area contributed by atoms with Crippen molar-refractivity contribution in [2.24, 2.45) is 0 Å². The summed E-state index contributed by atoms with van der Waals surface area (Å²) in [5.41, 5.74) is 1.68. The highest BCUT2D eigenvalue weighted by Crippen LogP contribution is 2.19. The Morgan fingerprint density at radius 1 is 1.40 bits per heavy atom. The summed E-state index contributed by atoms with van der Waals surface area (Å²) in [6.07, 6.45) is 0. The second-order valence-corrected chi connectivity index (χ2v) is 6.33. The number of aromatic nitrogens is 2. The van der Waals surface area contributed by atoms with E-state index in [2.05, 4.69) is 31.2 Å². The zero-order chi connectivity index (χ0) is 14.7. The molecule has 0 unspecified atom stereocenters. The van der Waals surface area contributed by atoms with E-state index in [1.807, 2.05) is 37.4 Å². The highest BCUT2D eigenvalue weighted by atomic mass is 79.9. The predicted octanol–water partition coefficient (Wildman–Crippen LogP) is 2.61. The maximum absolute atomic E-state index is 12.0. The van der Waals surface area contributed by atoms with Gasteiger partial charge in [0.15, 0.2) is 0 Å². The van der Waals surface area contributed by atoms with Crippen molar-refractivity contribution < 1.29 is 4.79 Å². The quantitative estimate of drug-likeness (QED) is 0.916. The zero-order valence-electron chi connectivity index (χ0n) is 11.5. The summed E-state index contributed by atoms with van der Waals surface area (Å²) in [5.74, 6) is 0.552. The van der Waals surface area contributed by atoms with Crippen molar-refractivity contribution in [1.29, 1.82) is 0 Å². The molecule has 0 aliphatic rings. The number of nitrogens with one attached hydrogen (secondary N) is 1. The van der Waals surface area contributed by atoms with Gasteiger partial charge in [0.2, 0.25) is 5.95 Å². The fourth-order valence-electron chi connectivity index (χ4n) is 1.60. The normalized spacial score (nSPS) is 10.4. The highest BCUT2D eigenvalue weighted by molar-refractivity contribution is 9.10. The lowest BCUT2D eigenvalue weighted by molar-refractivity contribution is 0.0954. The summed E-state index contributed by atoms with van der Waals surface area (Å²) in [7, 11) is 3.78. The third kappa shape index (κ3) is 3.77. The molecule has 5 nitrogen and oxygen atoms in total. The number of carbonyl (C=O) groups excluding carboxylic acids is 1. The number of aryl methyl sites for hydroxylation is 1. The van der Waals surface area contributed by atoms with E-state index in [0.29, 0.717) is 17.4 Å². The standard InChI is InChI=1S/C13H15BrN4OS/c1-8-4-10(17-13(16-8)18(2)3)6-15-12(19)11-5-9(14)7-20-11/h4-5,7H,6H2,1-3H3,(H,15,19). The number of halogens is 1. The van der Waals surface area contributed by atoms with Gasteiger partial charge in [0.05, 0.1) is 17.1 Å². The van der Waals surface area contributed by atoms with Crippen LogP contribution in [0, 0.1) is 6.92 Å². The van der Waals surface area contributed by atoms with Crippen LogP contribution in [0.2, 0.25) is 0 Å². The van der Waals surface area contributed by atoms with Gasteiger partial charge in [0, 0.05) is 29.6 Å². The van der Waals surface area contributed by atoms with Crippen LogP contribution in [0.3, 0.4) is 0 Å². The van der Waals surface area contributed by atoms with E-state index < -0.39 is 0 Å². The maximum atomic E-state index is 12.0. The smallest absolute Gasteiger partial charge is 0.261 e. The molecular formula is C13H15BrN4OS. The predicted molar refractivity (Wildman–Crippen MR) is 84.3 cm³/mol. The van der Waals surface area contributed by atoms with Gasteiger partial charge in [-0.15, -0.1) is 11.3 Å². The molecule has 1 amide bonds. The lowest BCUT2D eigenvalue weighted by Gasteiger charge is -2.12. The van der Waals surface area contributed by atoms with E-state index in [9.17, 15) is 4.79 Å². The van der Waals surface area contributed by atoms with Crippen molar-refractivity contribution in [3.63, 3.8) is 0 Å². The van der Waals surface area contributed by atoms with Gasteiger partial charge in [-0.3, -0.25) is 4.79 Å². The van der Waals surface area contributed by atoms with Crippen molar-refractivity contribution >= 4 is 39.1 Å². The van der Waals surface area contributed by atoms with Crippen molar-refractivity contribution in [2.45, 2.75) is 13.5 Å². The van der Waals surface area contributed by atoms with Crippen molar-refractivity contribution in [1.82, 2.24) is 15.3 Å². The van der Waals surface area contributed by atoms with Crippen LogP contribution in [-0.4, -0.2) is 30.0 Å². The van der Waals surface area contributed by atoms with Gasteiger partial charge >= 0.3 is 0 Å². The average Bonchev–Trinajstić information content (AvgIpc) is 2.82. The van der Waals surface area contributed by atoms with Gasteiger partial charge < -0.3 is 10.2 Å². The summed E-state index contributed by atoms with van der Waals surface area (Å²) in [4.78, 5) is 23.2. The maximum Gasteiger partial charge on any atom is 0.261 e. The average molecular weight is 355 g/mol. The molecule has 7 heteroatoms. The van der Waals surface area contributed by atoms with Crippen LogP contribution in [0.1, 0.15) is 21.1 Å². The number of carbonyl (C=O) groups is 1. The van der Waals surface area contributed by atoms with Crippen LogP contribution < -0.4 is 10.2 Å². The Hall–Kier alpha value is -1.47. The lowest BCUT2D eigenvalue weighted by atomic mass is 10.3. The summed E-state index contributed by atoms with van der Waals surface area (Å²) in [6.45, 7) is 2.30. The molecule has 0 radical (unpaired) electrons. The molecule has 0 aromatic carbocycles. The number of hydrogen-bond acceptors (Lipinski definition) is 5. The minimum atomic E-state index is -0.0941. The van der Waals surface area contributed by atoms with Crippen LogP contribution in [0.5, 0.6) is 0 Å². The SMILES string of the molecule is Cc1cc(CNC(=O)c2cc(Br)cs2)nc(N(C)C)n1. The van der Waals surface area contributed by atoms with E-state index in [0.717, 1.165) is 15.9 Å². The molecule has 0 saturated carbocycles. The molecule has 2 aromatic rings. The Bertz CT molecular complexity index is 627. The van der Waals surface area contributed by atoms with Crippen molar-refractivity contribution in [2.75, 3.05) is 19.0 Å². The minimum Gasteiger partial charge on any atom is -0.347 e. The zero-order valence-corrected chi connectivity index (χ0v) is 13.9. The van der Waals surface area contributed by atoms with Gasteiger partial charge in [-0.25, -0.2) is 9.97 Å². The van der Waals surface area contributed by atoms with E-state index in [1.54, 1.807) is 6.07 Å². The molecule has 0 atom stereocenters. The molecule has 0 fully saturated rings. The molecule has 2 rings (SSSR count). The summed E-state index contributed by atoms with van der Waals surface area (Å²) < 4.78 is 0.917. The van der Waals surface area contributed by atoms with Crippen molar-refractivity contribution in [3.05, 3.63) is 38.3 Å². The van der Waals surface area contributed by atoms with E-state index >= 15 is 0 Å². The first-order valence-corrected chi connectivity index (χ1v) is 7.67. The molecule has 0 spiro atoms. The fourth-order valence-corrected chi connectivity index (χ4v) is 2.94. The van der Waals surface area contributed by atoms with Crippen LogP contribution in [0.15, 0.2) is 22.0 Å². The third-order valence-electron chi connectivity index (χ3n) is 2.52. The van der Waals surface area contributed by atoms with E-state index in [-0.39, 0.29) is 5.91 Å². The Morgan fingerprint density at radius 2 is 2.15 bits per heavy atom. The molecule has 0 saturated heterocycles.